The highest BCUT2D eigenvalue weighted by molar-refractivity contribution is 7.89. The number of benzene rings is 1. The van der Waals surface area contributed by atoms with Crippen molar-refractivity contribution in [3.8, 4) is 0 Å². The van der Waals surface area contributed by atoms with Gasteiger partial charge in [0.05, 0.1) is 12.0 Å². The van der Waals surface area contributed by atoms with Crippen molar-refractivity contribution in [1.82, 2.24) is 4.72 Å². The lowest BCUT2D eigenvalue weighted by Gasteiger charge is -2.17. The summed E-state index contributed by atoms with van der Waals surface area (Å²) in [5.74, 6) is 0.726. The number of sulfonamides is 1. The van der Waals surface area contributed by atoms with E-state index in [1.54, 1.807) is 18.4 Å². The summed E-state index contributed by atoms with van der Waals surface area (Å²) in [6.45, 7) is 1.97. The molecule has 0 aliphatic carbocycles. The lowest BCUT2D eigenvalue weighted by atomic mass is 10.1. The second-order valence-corrected chi connectivity index (χ2v) is 6.52. The Morgan fingerprint density at radius 1 is 1.15 bits per heavy atom. The summed E-state index contributed by atoms with van der Waals surface area (Å²) in [5, 5.41) is 0. The Labute approximate surface area is 119 Å². The molecule has 1 atom stereocenters. The molecule has 0 unspecified atom stereocenters. The van der Waals surface area contributed by atoms with Crippen molar-refractivity contribution in [2.24, 2.45) is 0 Å². The van der Waals surface area contributed by atoms with Gasteiger partial charge in [-0.15, -0.1) is 0 Å². The molecule has 0 bridgehead atoms. The van der Waals surface area contributed by atoms with Gasteiger partial charge in [0.1, 0.15) is 11.8 Å². The summed E-state index contributed by atoms with van der Waals surface area (Å²) < 4.78 is 32.3. The SMILES string of the molecule is CCCCS(=O)(=O)N[C@@H](c1ccccc1)c1ccco1. The molecular weight excluding hydrogens is 274 g/mol. The molecule has 0 amide bonds. The van der Waals surface area contributed by atoms with E-state index in [0.717, 1.165) is 12.0 Å². The fourth-order valence-electron chi connectivity index (χ4n) is 1.96. The molecule has 108 valence electrons. The molecule has 1 heterocycles. The Kier molecular flexibility index (Phi) is 4.98. The summed E-state index contributed by atoms with van der Waals surface area (Å²) in [6, 6.07) is 12.5. The topological polar surface area (TPSA) is 59.3 Å². The molecule has 0 saturated heterocycles. The highest BCUT2D eigenvalue weighted by Crippen LogP contribution is 2.23. The van der Waals surface area contributed by atoms with Crippen LogP contribution in [-0.4, -0.2) is 14.2 Å². The zero-order valence-electron chi connectivity index (χ0n) is 11.5. The van der Waals surface area contributed by atoms with Crippen LogP contribution in [0.1, 0.15) is 37.1 Å². The summed E-state index contributed by atoms with van der Waals surface area (Å²) in [5.41, 5.74) is 0.863. The highest BCUT2D eigenvalue weighted by atomic mass is 32.2. The van der Waals surface area contributed by atoms with E-state index in [0.29, 0.717) is 12.2 Å². The van der Waals surface area contributed by atoms with E-state index >= 15 is 0 Å². The number of nitrogens with one attached hydrogen (secondary N) is 1. The van der Waals surface area contributed by atoms with E-state index in [9.17, 15) is 8.42 Å². The van der Waals surface area contributed by atoms with Crippen molar-refractivity contribution in [3.63, 3.8) is 0 Å². The summed E-state index contributed by atoms with van der Waals surface area (Å²) in [7, 11) is -3.33. The Morgan fingerprint density at radius 2 is 1.90 bits per heavy atom. The monoisotopic (exact) mass is 293 g/mol. The highest BCUT2D eigenvalue weighted by Gasteiger charge is 2.22. The lowest BCUT2D eigenvalue weighted by Crippen LogP contribution is -2.31. The van der Waals surface area contributed by atoms with Crippen molar-refractivity contribution >= 4 is 10.0 Å². The van der Waals surface area contributed by atoms with Crippen LogP contribution in [-0.2, 0) is 10.0 Å². The standard InChI is InChI=1S/C15H19NO3S/c1-2-3-12-20(17,18)16-15(14-10-7-11-19-14)13-8-5-4-6-9-13/h4-11,15-16H,2-3,12H2,1H3/t15-/m0/s1. The molecule has 0 saturated carbocycles. The Hall–Kier alpha value is -1.59. The maximum absolute atomic E-state index is 12.1. The van der Waals surface area contributed by atoms with Gasteiger partial charge in [-0.1, -0.05) is 43.7 Å². The first-order valence-electron chi connectivity index (χ1n) is 6.71. The van der Waals surface area contributed by atoms with Crippen LogP contribution in [0.4, 0.5) is 0 Å². The molecule has 0 aliphatic heterocycles. The van der Waals surface area contributed by atoms with Gasteiger partial charge in [0.25, 0.3) is 0 Å². The maximum Gasteiger partial charge on any atom is 0.212 e. The van der Waals surface area contributed by atoms with Gasteiger partial charge in [-0.05, 0) is 24.1 Å². The lowest BCUT2D eigenvalue weighted by molar-refractivity contribution is 0.471. The first-order chi connectivity index (χ1) is 9.62. The van der Waals surface area contributed by atoms with Crippen LogP contribution in [0.3, 0.4) is 0 Å². The number of rotatable bonds is 7. The van der Waals surface area contributed by atoms with Gasteiger partial charge < -0.3 is 4.42 Å². The van der Waals surface area contributed by atoms with Crippen LogP contribution in [0, 0.1) is 0 Å². The number of unbranched alkanes of at least 4 members (excludes halogenated alkanes) is 1. The van der Waals surface area contributed by atoms with Gasteiger partial charge in [-0.25, -0.2) is 13.1 Å². The van der Waals surface area contributed by atoms with Crippen molar-refractivity contribution in [1.29, 1.82) is 0 Å². The molecule has 2 aromatic rings. The Morgan fingerprint density at radius 3 is 2.50 bits per heavy atom. The number of hydrogen-bond donors (Lipinski definition) is 1. The minimum Gasteiger partial charge on any atom is -0.467 e. The fraction of sp³-hybridized carbons (Fsp3) is 0.333. The van der Waals surface area contributed by atoms with E-state index in [1.807, 2.05) is 37.3 Å². The second kappa shape index (κ2) is 6.72. The normalized spacial score (nSPS) is 13.2. The molecular formula is C15H19NO3S. The van der Waals surface area contributed by atoms with Gasteiger partial charge in [0, 0.05) is 0 Å². The predicted octanol–water partition coefficient (Wildman–Crippen LogP) is 3.09. The van der Waals surface area contributed by atoms with Crippen LogP contribution in [0.25, 0.3) is 0 Å². The molecule has 4 nitrogen and oxygen atoms in total. The molecule has 1 aromatic carbocycles. The van der Waals surface area contributed by atoms with Gasteiger partial charge in [0.15, 0.2) is 0 Å². The summed E-state index contributed by atoms with van der Waals surface area (Å²) >= 11 is 0. The molecule has 0 spiro atoms. The summed E-state index contributed by atoms with van der Waals surface area (Å²) in [4.78, 5) is 0. The zero-order valence-corrected chi connectivity index (χ0v) is 12.3. The third-order valence-electron chi connectivity index (χ3n) is 3.02. The first kappa shape index (κ1) is 14.8. The molecule has 0 aliphatic rings. The smallest absolute Gasteiger partial charge is 0.212 e. The van der Waals surface area contributed by atoms with E-state index in [4.69, 9.17) is 4.42 Å². The first-order valence-corrected chi connectivity index (χ1v) is 8.36. The molecule has 1 aromatic heterocycles. The quantitative estimate of drug-likeness (QED) is 0.853. The van der Waals surface area contributed by atoms with E-state index in [-0.39, 0.29) is 5.75 Å². The molecule has 0 fully saturated rings. The van der Waals surface area contributed by atoms with Crippen LogP contribution >= 0.6 is 0 Å². The molecule has 1 N–H and O–H groups in total. The average molecular weight is 293 g/mol. The maximum atomic E-state index is 12.1. The second-order valence-electron chi connectivity index (χ2n) is 4.65. The average Bonchev–Trinajstić information content (AvgIpc) is 2.98. The van der Waals surface area contributed by atoms with Crippen LogP contribution in [0.15, 0.2) is 53.1 Å². The molecule has 0 radical (unpaired) electrons. The van der Waals surface area contributed by atoms with Gasteiger partial charge >= 0.3 is 0 Å². The van der Waals surface area contributed by atoms with Crippen molar-refractivity contribution < 1.29 is 12.8 Å². The van der Waals surface area contributed by atoms with Crippen molar-refractivity contribution in [3.05, 3.63) is 60.1 Å². The van der Waals surface area contributed by atoms with Crippen LogP contribution in [0.2, 0.25) is 0 Å². The third kappa shape index (κ3) is 3.95. The number of furan rings is 1. The molecule has 20 heavy (non-hydrogen) atoms. The Balaban J connectivity index is 2.25. The Bertz CT molecular complexity index is 606. The fourth-order valence-corrected chi connectivity index (χ4v) is 3.36. The number of hydrogen-bond acceptors (Lipinski definition) is 3. The molecule has 2 rings (SSSR count). The largest absolute Gasteiger partial charge is 0.467 e. The van der Waals surface area contributed by atoms with E-state index in [2.05, 4.69) is 4.72 Å². The van der Waals surface area contributed by atoms with E-state index < -0.39 is 16.1 Å². The van der Waals surface area contributed by atoms with Crippen LogP contribution in [0.5, 0.6) is 0 Å². The van der Waals surface area contributed by atoms with E-state index in [1.165, 1.54) is 0 Å². The molecule has 5 heteroatoms. The third-order valence-corrected chi connectivity index (χ3v) is 4.45. The minimum absolute atomic E-state index is 0.132. The minimum atomic E-state index is -3.33. The summed E-state index contributed by atoms with van der Waals surface area (Å²) in [6.07, 6.45) is 3.04. The van der Waals surface area contributed by atoms with Gasteiger partial charge in [-0.3, -0.25) is 0 Å². The predicted molar refractivity (Wildman–Crippen MR) is 78.8 cm³/mol. The zero-order chi connectivity index (χ0) is 14.4. The van der Waals surface area contributed by atoms with Gasteiger partial charge in [0.2, 0.25) is 10.0 Å². The van der Waals surface area contributed by atoms with Crippen molar-refractivity contribution in [2.75, 3.05) is 5.75 Å². The van der Waals surface area contributed by atoms with Gasteiger partial charge in [-0.2, -0.15) is 0 Å². The van der Waals surface area contributed by atoms with Crippen LogP contribution < -0.4 is 4.72 Å². The van der Waals surface area contributed by atoms with Crippen molar-refractivity contribution in [2.45, 2.75) is 25.8 Å².